The molecular formula is C12H17N3. The molecule has 1 atom stereocenters. The van der Waals surface area contributed by atoms with Crippen LogP contribution >= 0.6 is 0 Å². The fourth-order valence-electron chi connectivity index (χ4n) is 1.36. The van der Waals surface area contributed by atoms with Gasteiger partial charge >= 0.3 is 0 Å². The lowest BCUT2D eigenvalue weighted by atomic mass is 9.94. The van der Waals surface area contributed by atoms with Crippen LogP contribution in [-0.2, 0) is 5.54 Å². The van der Waals surface area contributed by atoms with Crippen molar-refractivity contribution in [3.8, 4) is 6.07 Å². The molecule has 0 heterocycles. The van der Waals surface area contributed by atoms with Gasteiger partial charge in [0.15, 0.2) is 0 Å². The topological polar surface area (TPSA) is 39.1 Å². The summed E-state index contributed by atoms with van der Waals surface area (Å²) in [6.07, 6.45) is 0. The van der Waals surface area contributed by atoms with E-state index < -0.39 is 5.54 Å². The Balaban J connectivity index is 3.04. The molecule has 1 aromatic carbocycles. The molecule has 0 saturated carbocycles. The van der Waals surface area contributed by atoms with Gasteiger partial charge in [-0.2, -0.15) is 5.26 Å². The Morgan fingerprint density at radius 3 is 2.13 bits per heavy atom. The van der Waals surface area contributed by atoms with Gasteiger partial charge < -0.3 is 4.90 Å². The highest BCUT2D eigenvalue weighted by Crippen LogP contribution is 2.22. The highest BCUT2D eigenvalue weighted by molar-refractivity contribution is 5.48. The van der Waals surface area contributed by atoms with Crippen LogP contribution in [-0.4, -0.2) is 21.1 Å². The second-order valence-electron chi connectivity index (χ2n) is 3.93. The van der Waals surface area contributed by atoms with E-state index in [2.05, 4.69) is 11.4 Å². The maximum atomic E-state index is 9.09. The van der Waals surface area contributed by atoms with Crippen molar-refractivity contribution in [1.29, 1.82) is 5.26 Å². The Labute approximate surface area is 91.3 Å². The van der Waals surface area contributed by atoms with Gasteiger partial charge in [-0.25, -0.2) is 0 Å². The van der Waals surface area contributed by atoms with E-state index in [0.717, 1.165) is 11.3 Å². The summed E-state index contributed by atoms with van der Waals surface area (Å²) in [5, 5.41) is 12.1. The van der Waals surface area contributed by atoms with Crippen LogP contribution in [0.3, 0.4) is 0 Å². The van der Waals surface area contributed by atoms with Gasteiger partial charge in [0.1, 0.15) is 5.54 Å². The summed E-state index contributed by atoms with van der Waals surface area (Å²) >= 11 is 0. The summed E-state index contributed by atoms with van der Waals surface area (Å²) in [4.78, 5) is 2.03. The molecular weight excluding hydrogens is 186 g/mol. The van der Waals surface area contributed by atoms with Crippen molar-refractivity contribution in [2.45, 2.75) is 12.5 Å². The third kappa shape index (κ3) is 2.28. The molecule has 80 valence electrons. The van der Waals surface area contributed by atoms with E-state index in [4.69, 9.17) is 5.26 Å². The first-order chi connectivity index (χ1) is 7.03. The van der Waals surface area contributed by atoms with E-state index in [0.29, 0.717) is 0 Å². The maximum absolute atomic E-state index is 9.09. The first-order valence-electron chi connectivity index (χ1n) is 4.91. The highest BCUT2D eigenvalue weighted by atomic mass is 15.1. The van der Waals surface area contributed by atoms with E-state index >= 15 is 0 Å². The summed E-state index contributed by atoms with van der Waals surface area (Å²) < 4.78 is 0. The predicted octanol–water partition coefficient (Wildman–Crippen LogP) is 1.71. The van der Waals surface area contributed by atoms with Crippen molar-refractivity contribution in [2.75, 3.05) is 26.0 Å². The average molecular weight is 203 g/mol. The van der Waals surface area contributed by atoms with Crippen molar-refractivity contribution in [1.82, 2.24) is 5.32 Å². The molecule has 1 rings (SSSR count). The third-order valence-electron chi connectivity index (χ3n) is 2.68. The molecule has 0 saturated heterocycles. The number of benzene rings is 1. The maximum Gasteiger partial charge on any atom is 0.129 e. The summed E-state index contributed by atoms with van der Waals surface area (Å²) in [6.45, 7) is 1.87. The Morgan fingerprint density at radius 1 is 1.27 bits per heavy atom. The minimum atomic E-state index is -0.606. The van der Waals surface area contributed by atoms with Gasteiger partial charge in [-0.3, -0.25) is 5.32 Å². The number of hydrogen-bond donors (Lipinski definition) is 1. The predicted molar refractivity (Wildman–Crippen MR) is 62.8 cm³/mol. The molecule has 0 radical (unpaired) electrons. The van der Waals surface area contributed by atoms with Crippen LogP contribution in [0.1, 0.15) is 12.5 Å². The number of nitrogens with one attached hydrogen (secondary N) is 1. The Bertz CT molecular complexity index is 361. The quantitative estimate of drug-likeness (QED) is 0.813. The molecule has 0 spiro atoms. The zero-order chi connectivity index (χ0) is 11.5. The second kappa shape index (κ2) is 4.33. The molecule has 0 aliphatic rings. The zero-order valence-electron chi connectivity index (χ0n) is 9.70. The van der Waals surface area contributed by atoms with Gasteiger partial charge in [0.05, 0.1) is 6.07 Å². The molecule has 1 N–H and O–H groups in total. The lowest BCUT2D eigenvalue weighted by Crippen LogP contribution is -2.34. The minimum Gasteiger partial charge on any atom is -0.378 e. The molecule has 0 fully saturated rings. The van der Waals surface area contributed by atoms with Crippen LogP contribution in [0.5, 0.6) is 0 Å². The van der Waals surface area contributed by atoms with Crippen molar-refractivity contribution in [2.24, 2.45) is 0 Å². The molecule has 0 aliphatic carbocycles. The molecule has 0 bridgehead atoms. The standard InChI is InChI=1S/C12H17N3/c1-12(9-13,14-2)10-5-7-11(8-6-10)15(3)4/h5-8,14H,1-4H3. The van der Waals surface area contributed by atoms with Crippen molar-refractivity contribution in [3.63, 3.8) is 0 Å². The SMILES string of the molecule is CNC(C)(C#N)c1ccc(N(C)C)cc1. The summed E-state index contributed by atoms with van der Waals surface area (Å²) in [5.74, 6) is 0. The largest absolute Gasteiger partial charge is 0.378 e. The van der Waals surface area contributed by atoms with Crippen LogP contribution in [0.2, 0.25) is 0 Å². The summed E-state index contributed by atoms with van der Waals surface area (Å²) in [7, 11) is 5.79. The van der Waals surface area contributed by atoms with E-state index in [1.54, 1.807) is 7.05 Å². The fourth-order valence-corrected chi connectivity index (χ4v) is 1.36. The summed E-state index contributed by atoms with van der Waals surface area (Å²) in [5.41, 5.74) is 1.51. The number of nitrogens with zero attached hydrogens (tertiary/aromatic N) is 2. The lowest BCUT2D eigenvalue weighted by Gasteiger charge is -2.22. The number of hydrogen-bond acceptors (Lipinski definition) is 3. The lowest BCUT2D eigenvalue weighted by molar-refractivity contribution is 0.518. The summed E-state index contributed by atoms with van der Waals surface area (Å²) in [6, 6.07) is 10.3. The second-order valence-corrected chi connectivity index (χ2v) is 3.93. The Morgan fingerprint density at radius 2 is 1.80 bits per heavy atom. The number of rotatable bonds is 3. The molecule has 0 aromatic heterocycles. The van der Waals surface area contributed by atoms with Gasteiger partial charge in [-0.1, -0.05) is 12.1 Å². The molecule has 1 unspecified atom stereocenters. The van der Waals surface area contributed by atoms with Crippen LogP contribution in [0.4, 0.5) is 5.69 Å². The van der Waals surface area contributed by atoms with Crippen LogP contribution < -0.4 is 10.2 Å². The van der Waals surface area contributed by atoms with E-state index in [1.807, 2.05) is 50.2 Å². The molecule has 0 aliphatic heterocycles. The van der Waals surface area contributed by atoms with Crippen molar-refractivity contribution >= 4 is 5.69 Å². The zero-order valence-corrected chi connectivity index (χ0v) is 9.70. The molecule has 15 heavy (non-hydrogen) atoms. The smallest absolute Gasteiger partial charge is 0.129 e. The van der Waals surface area contributed by atoms with Gasteiger partial charge in [-0.15, -0.1) is 0 Å². The third-order valence-corrected chi connectivity index (χ3v) is 2.68. The average Bonchev–Trinajstić information content (AvgIpc) is 2.28. The minimum absolute atomic E-state index is 0.606. The fraction of sp³-hybridized carbons (Fsp3) is 0.417. The number of anilines is 1. The molecule has 0 amide bonds. The highest BCUT2D eigenvalue weighted by Gasteiger charge is 2.23. The van der Waals surface area contributed by atoms with Crippen LogP contribution in [0, 0.1) is 11.3 Å². The van der Waals surface area contributed by atoms with Gasteiger partial charge in [0.25, 0.3) is 0 Å². The van der Waals surface area contributed by atoms with E-state index in [-0.39, 0.29) is 0 Å². The van der Waals surface area contributed by atoms with Crippen molar-refractivity contribution in [3.05, 3.63) is 29.8 Å². The van der Waals surface area contributed by atoms with E-state index in [9.17, 15) is 0 Å². The molecule has 3 nitrogen and oxygen atoms in total. The van der Waals surface area contributed by atoms with Crippen LogP contribution in [0.15, 0.2) is 24.3 Å². The van der Waals surface area contributed by atoms with E-state index in [1.165, 1.54) is 0 Å². The first kappa shape index (κ1) is 11.5. The van der Waals surface area contributed by atoms with Gasteiger partial charge in [0, 0.05) is 19.8 Å². The Kier molecular flexibility index (Phi) is 3.33. The van der Waals surface area contributed by atoms with Crippen LogP contribution in [0.25, 0.3) is 0 Å². The number of nitriles is 1. The first-order valence-corrected chi connectivity index (χ1v) is 4.91. The van der Waals surface area contributed by atoms with Gasteiger partial charge in [-0.05, 0) is 31.7 Å². The normalized spacial score (nSPS) is 14.1. The van der Waals surface area contributed by atoms with Gasteiger partial charge in [0.2, 0.25) is 0 Å². The molecule has 3 heteroatoms. The molecule has 1 aromatic rings. The van der Waals surface area contributed by atoms with Crippen molar-refractivity contribution < 1.29 is 0 Å². The monoisotopic (exact) mass is 203 g/mol. The Hall–Kier alpha value is -1.53.